The smallest absolute Gasteiger partial charge is 0.410 e. The Morgan fingerprint density at radius 2 is 2.24 bits per heavy atom. The average molecular weight is 292 g/mol. The van der Waals surface area contributed by atoms with Crippen LogP contribution in [0.5, 0.6) is 0 Å². The van der Waals surface area contributed by atoms with Crippen LogP contribution in [0.4, 0.5) is 4.79 Å². The first-order valence-corrected chi connectivity index (χ1v) is 7.35. The molecule has 1 N–H and O–H groups in total. The van der Waals surface area contributed by atoms with Crippen LogP contribution >= 0.6 is 0 Å². The molecule has 2 rings (SSSR count). The lowest BCUT2D eigenvalue weighted by Gasteiger charge is -2.25. The van der Waals surface area contributed by atoms with Gasteiger partial charge in [0.25, 0.3) is 0 Å². The van der Waals surface area contributed by atoms with E-state index >= 15 is 0 Å². The second-order valence-electron chi connectivity index (χ2n) is 6.43. The van der Waals surface area contributed by atoms with Crippen molar-refractivity contribution in [2.24, 2.45) is 0 Å². The molecule has 6 heteroatoms. The maximum atomic E-state index is 12.0. The summed E-state index contributed by atoms with van der Waals surface area (Å²) in [5, 5.41) is 3.49. The molecule has 0 bridgehead atoms. The molecule has 0 aliphatic carbocycles. The Morgan fingerprint density at radius 1 is 1.48 bits per heavy atom. The Kier molecular flexibility index (Phi) is 4.77. The topological polar surface area (TPSA) is 67.4 Å². The standard InChI is InChI=1S/C15H24N4O2/c1-11(13-9-16-6-7-17-13)18-12-5-8-19(10-12)14(20)21-15(2,3)4/h6-7,9,11-12,18H,5,8,10H2,1-4H3/t11?,12-/m0/s1. The van der Waals surface area contributed by atoms with Crippen molar-refractivity contribution in [2.75, 3.05) is 13.1 Å². The summed E-state index contributed by atoms with van der Waals surface area (Å²) in [5.74, 6) is 0. The number of aromatic nitrogens is 2. The number of nitrogens with one attached hydrogen (secondary N) is 1. The van der Waals surface area contributed by atoms with E-state index in [0.717, 1.165) is 18.7 Å². The highest BCUT2D eigenvalue weighted by molar-refractivity contribution is 5.68. The van der Waals surface area contributed by atoms with Crippen LogP contribution in [0.1, 0.15) is 45.9 Å². The number of hydrogen-bond acceptors (Lipinski definition) is 5. The van der Waals surface area contributed by atoms with Crippen LogP contribution in [-0.4, -0.2) is 45.7 Å². The Bertz CT molecular complexity index is 472. The van der Waals surface area contributed by atoms with Crippen LogP contribution in [0.2, 0.25) is 0 Å². The van der Waals surface area contributed by atoms with Crippen molar-refractivity contribution in [2.45, 2.75) is 51.8 Å². The zero-order valence-electron chi connectivity index (χ0n) is 13.2. The first-order chi connectivity index (χ1) is 9.85. The summed E-state index contributed by atoms with van der Waals surface area (Å²) in [7, 11) is 0. The molecule has 1 aromatic heterocycles. The molecule has 6 nitrogen and oxygen atoms in total. The summed E-state index contributed by atoms with van der Waals surface area (Å²) in [4.78, 5) is 22.1. The third-order valence-electron chi connectivity index (χ3n) is 3.35. The van der Waals surface area contributed by atoms with Gasteiger partial charge in [-0.15, -0.1) is 0 Å². The Balaban J connectivity index is 1.84. The van der Waals surface area contributed by atoms with Crippen molar-refractivity contribution in [1.29, 1.82) is 0 Å². The molecule has 0 saturated carbocycles. The van der Waals surface area contributed by atoms with Crippen LogP contribution in [0.25, 0.3) is 0 Å². The molecule has 2 heterocycles. The van der Waals surface area contributed by atoms with Gasteiger partial charge in [-0.25, -0.2) is 4.79 Å². The first kappa shape index (κ1) is 15.7. The lowest BCUT2D eigenvalue weighted by molar-refractivity contribution is 0.0290. The quantitative estimate of drug-likeness (QED) is 0.924. The summed E-state index contributed by atoms with van der Waals surface area (Å²) in [6, 6.07) is 0.372. The van der Waals surface area contributed by atoms with E-state index in [9.17, 15) is 4.79 Å². The lowest BCUT2D eigenvalue weighted by Crippen LogP contribution is -2.39. The SMILES string of the molecule is CC(N[C@H]1CCN(C(=O)OC(C)(C)C)C1)c1cnccn1. The molecule has 0 aromatic carbocycles. The second kappa shape index (κ2) is 6.39. The summed E-state index contributed by atoms with van der Waals surface area (Å²) < 4.78 is 5.40. The number of amides is 1. The van der Waals surface area contributed by atoms with Crippen molar-refractivity contribution >= 4 is 6.09 Å². The van der Waals surface area contributed by atoms with E-state index in [4.69, 9.17) is 4.74 Å². The maximum absolute atomic E-state index is 12.0. The molecule has 1 aliphatic heterocycles. The van der Waals surface area contributed by atoms with E-state index in [2.05, 4.69) is 22.2 Å². The largest absolute Gasteiger partial charge is 0.444 e. The van der Waals surface area contributed by atoms with Gasteiger partial charge in [0, 0.05) is 43.8 Å². The molecular weight excluding hydrogens is 268 g/mol. The normalized spacial score (nSPS) is 20.4. The van der Waals surface area contributed by atoms with Gasteiger partial charge in [0.05, 0.1) is 5.69 Å². The third-order valence-corrected chi connectivity index (χ3v) is 3.35. The summed E-state index contributed by atoms with van der Waals surface area (Å²) in [6.45, 7) is 9.09. The van der Waals surface area contributed by atoms with Gasteiger partial charge in [0.15, 0.2) is 0 Å². The molecule has 0 spiro atoms. The number of rotatable bonds is 3. The predicted octanol–water partition coefficient (Wildman–Crippen LogP) is 2.14. The third kappa shape index (κ3) is 4.67. The lowest BCUT2D eigenvalue weighted by atomic mass is 10.2. The average Bonchev–Trinajstić information content (AvgIpc) is 2.86. The monoisotopic (exact) mass is 292 g/mol. The Labute approximate surface area is 125 Å². The molecule has 1 fully saturated rings. The van der Waals surface area contributed by atoms with Gasteiger partial charge in [-0.2, -0.15) is 0 Å². The molecule has 1 amide bonds. The van der Waals surface area contributed by atoms with E-state index in [1.807, 2.05) is 20.8 Å². The molecule has 1 aliphatic rings. The summed E-state index contributed by atoms with van der Waals surface area (Å²) >= 11 is 0. The fourth-order valence-electron chi connectivity index (χ4n) is 2.36. The highest BCUT2D eigenvalue weighted by Gasteiger charge is 2.30. The number of ether oxygens (including phenoxy) is 1. The number of carbonyl (C=O) groups is 1. The van der Waals surface area contributed by atoms with Gasteiger partial charge in [-0.3, -0.25) is 9.97 Å². The van der Waals surface area contributed by atoms with E-state index in [0.29, 0.717) is 6.54 Å². The summed E-state index contributed by atoms with van der Waals surface area (Å²) in [6.07, 6.45) is 5.80. The number of likely N-dealkylation sites (tertiary alicyclic amines) is 1. The molecule has 116 valence electrons. The fourth-order valence-corrected chi connectivity index (χ4v) is 2.36. The Hall–Kier alpha value is -1.69. The van der Waals surface area contributed by atoms with Crippen LogP contribution in [0.15, 0.2) is 18.6 Å². The first-order valence-electron chi connectivity index (χ1n) is 7.35. The summed E-state index contributed by atoms with van der Waals surface area (Å²) in [5.41, 5.74) is 0.461. The van der Waals surface area contributed by atoms with Crippen LogP contribution in [0, 0.1) is 0 Å². The van der Waals surface area contributed by atoms with Gasteiger partial charge < -0.3 is 15.0 Å². The van der Waals surface area contributed by atoms with Crippen LogP contribution < -0.4 is 5.32 Å². The van der Waals surface area contributed by atoms with E-state index in [1.165, 1.54) is 0 Å². The zero-order valence-corrected chi connectivity index (χ0v) is 13.2. The minimum Gasteiger partial charge on any atom is -0.444 e. The van der Waals surface area contributed by atoms with E-state index in [1.54, 1.807) is 23.5 Å². The number of hydrogen-bond donors (Lipinski definition) is 1. The van der Waals surface area contributed by atoms with Gasteiger partial charge in [-0.1, -0.05) is 0 Å². The minimum atomic E-state index is -0.449. The van der Waals surface area contributed by atoms with Crippen molar-refractivity contribution in [3.63, 3.8) is 0 Å². The van der Waals surface area contributed by atoms with Crippen molar-refractivity contribution in [3.05, 3.63) is 24.3 Å². The molecule has 21 heavy (non-hydrogen) atoms. The second-order valence-corrected chi connectivity index (χ2v) is 6.43. The Morgan fingerprint density at radius 3 is 2.86 bits per heavy atom. The van der Waals surface area contributed by atoms with Crippen molar-refractivity contribution < 1.29 is 9.53 Å². The van der Waals surface area contributed by atoms with Crippen molar-refractivity contribution in [3.8, 4) is 0 Å². The van der Waals surface area contributed by atoms with Gasteiger partial charge in [0.1, 0.15) is 5.60 Å². The molecule has 0 radical (unpaired) electrons. The molecule has 2 atom stereocenters. The maximum Gasteiger partial charge on any atom is 0.410 e. The van der Waals surface area contributed by atoms with Crippen LogP contribution in [0.3, 0.4) is 0 Å². The zero-order chi connectivity index (χ0) is 15.5. The highest BCUT2D eigenvalue weighted by atomic mass is 16.6. The number of carbonyl (C=O) groups excluding carboxylic acids is 1. The fraction of sp³-hybridized carbons (Fsp3) is 0.667. The highest BCUT2D eigenvalue weighted by Crippen LogP contribution is 2.17. The van der Waals surface area contributed by atoms with E-state index < -0.39 is 5.60 Å². The molecule has 1 aromatic rings. The molecular formula is C15H24N4O2. The molecule has 1 saturated heterocycles. The molecule has 1 unspecified atom stereocenters. The van der Waals surface area contributed by atoms with Gasteiger partial charge in [0.2, 0.25) is 0 Å². The predicted molar refractivity (Wildman–Crippen MR) is 79.8 cm³/mol. The minimum absolute atomic E-state index is 0.113. The van der Waals surface area contributed by atoms with Crippen LogP contribution in [-0.2, 0) is 4.74 Å². The van der Waals surface area contributed by atoms with E-state index in [-0.39, 0.29) is 18.2 Å². The van der Waals surface area contributed by atoms with Gasteiger partial charge >= 0.3 is 6.09 Å². The van der Waals surface area contributed by atoms with Gasteiger partial charge in [-0.05, 0) is 34.1 Å². The number of nitrogens with zero attached hydrogens (tertiary/aromatic N) is 3. The van der Waals surface area contributed by atoms with Crippen molar-refractivity contribution in [1.82, 2.24) is 20.2 Å².